The lowest BCUT2D eigenvalue weighted by atomic mass is 10.2. The molecule has 0 fully saturated rings. The van der Waals surface area contributed by atoms with Crippen molar-refractivity contribution >= 4 is 17.7 Å². The maximum absolute atomic E-state index is 12.9. The minimum atomic E-state index is -0.618. The maximum Gasteiger partial charge on any atom is 0.357 e. The summed E-state index contributed by atoms with van der Waals surface area (Å²) in [7, 11) is 0. The van der Waals surface area contributed by atoms with Crippen LogP contribution in [0, 0.1) is 5.82 Å². The van der Waals surface area contributed by atoms with Gasteiger partial charge in [-0.25, -0.2) is 9.18 Å². The highest BCUT2D eigenvalue weighted by molar-refractivity contribution is 6.15. The zero-order valence-corrected chi connectivity index (χ0v) is 16.9. The molecule has 9 heteroatoms. The fourth-order valence-corrected chi connectivity index (χ4v) is 2.85. The summed E-state index contributed by atoms with van der Waals surface area (Å²) >= 11 is 0. The minimum Gasteiger partial charge on any atom is -0.493 e. The maximum atomic E-state index is 12.9. The number of aromatic nitrogens is 4. The van der Waals surface area contributed by atoms with E-state index in [2.05, 4.69) is 15.5 Å². The van der Waals surface area contributed by atoms with E-state index in [1.807, 2.05) is 30.3 Å². The number of furan rings is 1. The topological polar surface area (TPSA) is 92.3 Å². The first kappa shape index (κ1) is 21.0. The molecule has 32 heavy (non-hydrogen) atoms. The van der Waals surface area contributed by atoms with Crippen molar-refractivity contribution in [3.8, 4) is 17.1 Å². The van der Waals surface area contributed by atoms with Crippen LogP contribution in [-0.4, -0.2) is 39.4 Å². The zero-order valence-electron chi connectivity index (χ0n) is 16.9. The lowest BCUT2D eigenvalue weighted by Crippen LogP contribution is -2.16. The van der Waals surface area contributed by atoms with Gasteiger partial charge in [0.15, 0.2) is 11.5 Å². The highest BCUT2D eigenvalue weighted by Gasteiger charge is 2.21. The van der Waals surface area contributed by atoms with Gasteiger partial charge >= 0.3 is 5.97 Å². The van der Waals surface area contributed by atoms with Crippen LogP contribution in [0.15, 0.2) is 77.4 Å². The molecule has 0 aliphatic rings. The second-order valence-corrected chi connectivity index (χ2v) is 6.62. The summed E-state index contributed by atoms with van der Waals surface area (Å²) < 4.78 is 30.5. The third kappa shape index (κ3) is 5.25. The summed E-state index contributed by atoms with van der Waals surface area (Å²) in [6.07, 6.45) is 3.46. The molecule has 2 aromatic heterocycles. The number of tetrazole rings is 1. The Balaban J connectivity index is 1.44. The number of carbonyl (C=O) groups is 1. The molecule has 8 nitrogen and oxygen atoms in total. The Bertz CT molecular complexity index is 1170. The fourth-order valence-electron chi connectivity index (χ4n) is 2.85. The zero-order chi connectivity index (χ0) is 22.2. The van der Waals surface area contributed by atoms with Gasteiger partial charge in [0.1, 0.15) is 17.3 Å². The van der Waals surface area contributed by atoms with Gasteiger partial charge in [0.05, 0.1) is 19.5 Å². The summed E-state index contributed by atoms with van der Waals surface area (Å²) in [6, 6.07) is 18.4. The van der Waals surface area contributed by atoms with Crippen LogP contribution in [0.25, 0.3) is 23.2 Å². The fraction of sp³-hybridized carbons (Fsp3) is 0.130. The molecule has 0 N–H and O–H groups in total. The standard InChI is InChI=1S/C23H19FN4O4/c24-18-9-11-19(12-10-18)30-14-5-15-32-23(29)21(16-20-8-4-13-31-20)28-22(25-26-27-28)17-6-2-1-3-7-17/h1-4,6-13,16H,5,14-15H2/b21-16-. The van der Waals surface area contributed by atoms with Crippen LogP contribution in [0.4, 0.5) is 4.39 Å². The predicted molar refractivity (Wildman–Crippen MR) is 114 cm³/mol. The molecular formula is C23H19FN4O4. The Morgan fingerprint density at radius 2 is 1.84 bits per heavy atom. The number of halogens is 1. The van der Waals surface area contributed by atoms with E-state index < -0.39 is 5.97 Å². The second kappa shape index (κ2) is 10.2. The lowest BCUT2D eigenvalue weighted by Gasteiger charge is -2.10. The van der Waals surface area contributed by atoms with E-state index in [1.54, 1.807) is 12.1 Å². The average molecular weight is 434 g/mol. The van der Waals surface area contributed by atoms with Gasteiger partial charge in [-0.3, -0.25) is 0 Å². The van der Waals surface area contributed by atoms with Gasteiger partial charge in [-0.05, 0) is 46.8 Å². The molecule has 0 aliphatic carbocycles. The van der Waals surface area contributed by atoms with Crippen LogP contribution in [0.3, 0.4) is 0 Å². The predicted octanol–water partition coefficient (Wildman–Crippen LogP) is 4.08. The number of hydrogen-bond acceptors (Lipinski definition) is 7. The van der Waals surface area contributed by atoms with E-state index in [0.29, 0.717) is 30.4 Å². The molecule has 2 heterocycles. The summed E-state index contributed by atoms with van der Waals surface area (Å²) in [5.41, 5.74) is 0.839. The first-order chi connectivity index (χ1) is 15.7. The molecular weight excluding hydrogens is 415 g/mol. The first-order valence-corrected chi connectivity index (χ1v) is 9.85. The summed E-state index contributed by atoms with van der Waals surface area (Å²) in [5.74, 6) is 0.427. The van der Waals surface area contributed by atoms with Crippen LogP contribution < -0.4 is 4.74 Å². The Labute approximate surface area is 182 Å². The molecule has 2 aromatic carbocycles. The number of nitrogens with zero attached hydrogens (tertiary/aromatic N) is 4. The number of benzene rings is 2. The number of esters is 1. The van der Waals surface area contributed by atoms with Gasteiger partial charge < -0.3 is 13.9 Å². The molecule has 0 aliphatic heterocycles. The van der Waals surface area contributed by atoms with Crippen LogP contribution in [0.2, 0.25) is 0 Å². The van der Waals surface area contributed by atoms with Crippen LogP contribution in [-0.2, 0) is 9.53 Å². The largest absolute Gasteiger partial charge is 0.493 e. The summed E-state index contributed by atoms with van der Waals surface area (Å²) in [6.45, 7) is 0.411. The molecule has 4 rings (SSSR count). The van der Waals surface area contributed by atoms with E-state index in [1.165, 1.54) is 41.3 Å². The molecule has 0 unspecified atom stereocenters. The quantitative estimate of drug-likeness (QED) is 0.223. The van der Waals surface area contributed by atoms with Crippen molar-refractivity contribution in [2.75, 3.05) is 13.2 Å². The van der Waals surface area contributed by atoms with Crippen molar-refractivity contribution in [3.05, 3.63) is 84.6 Å². The van der Waals surface area contributed by atoms with E-state index >= 15 is 0 Å². The molecule has 0 atom stereocenters. The Morgan fingerprint density at radius 3 is 2.59 bits per heavy atom. The van der Waals surface area contributed by atoms with Crippen molar-refractivity contribution < 1.29 is 23.1 Å². The molecule has 4 aromatic rings. The molecule has 162 valence electrons. The molecule has 0 spiro atoms. The van der Waals surface area contributed by atoms with Gasteiger partial charge in [-0.1, -0.05) is 30.3 Å². The third-order valence-corrected chi connectivity index (χ3v) is 4.37. The van der Waals surface area contributed by atoms with E-state index in [-0.39, 0.29) is 18.1 Å². The van der Waals surface area contributed by atoms with Gasteiger partial charge in [0.2, 0.25) is 0 Å². The molecule has 0 amide bonds. The minimum absolute atomic E-state index is 0.100. The summed E-state index contributed by atoms with van der Waals surface area (Å²) in [4.78, 5) is 12.9. The molecule has 0 saturated heterocycles. The number of ether oxygens (including phenoxy) is 2. The molecule has 0 bridgehead atoms. The Kier molecular flexibility index (Phi) is 6.66. The Morgan fingerprint density at radius 1 is 1.03 bits per heavy atom. The van der Waals surface area contributed by atoms with Crippen molar-refractivity contribution in [2.24, 2.45) is 0 Å². The SMILES string of the molecule is O=C(OCCCOc1ccc(F)cc1)/C(=C/c1ccco1)n1nnnc1-c1ccccc1. The van der Waals surface area contributed by atoms with Crippen molar-refractivity contribution in [3.63, 3.8) is 0 Å². The van der Waals surface area contributed by atoms with Gasteiger partial charge in [-0.15, -0.1) is 5.10 Å². The molecule has 0 radical (unpaired) electrons. The average Bonchev–Trinajstić information content (AvgIpc) is 3.51. The van der Waals surface area contributed by atoms with Crippen molar-refractivity contribution in [1.82, 2.24) is 20.2 Å². The highest BCUT2D eigenvalue weighted by atomic mass is 19.1. The van der Waals surface area contributed by atoms with E-state index in [0.717, 1.165) is 5.56 Å². The van der Waals surface area contributed by atoms with Crippen molar-refractivity contribution in [1.29, 1.82) is 0 Å². The third-order valence-electron chi connectivity index (χ3n) is 4.37. The first-order valence-electron chi connectivity index (χ1n) is 9.85. The Hall–Kier alpha value is -4.27. The smallest absolute Gasteiger partial charge is 0.357 e. The van der Waals surface area contributed by atoms with Gasteiger partial charge in [0.25, 0.3) is 0 Å². The number of carbonyl (C=O) groups excluding carboxylic acids is 1. The number of rotatable bonds is 9. The number of hydrogen-bond donors (Lipinski definition) is 0. The second-order valence-electron chi connectivity index (χ2n) is 6.62. The molecule has 0 saturated carbocycles. The van der Waals surface area contributed by atoms with Crippen LogP contribution in [0.5, 0.6) is 5.75 Å². The van der Waals surface area contributed by atoms with E-state index in [9.17, 15) is 9.18 Å². The monoisotopic (exact) mass is 434 g/mol. The summed E-state index contributed by atoms with van der Waals surface area (Å²) in [5, 5.41) is 11.7. The van der Waals surface area contributed by atoms with Gasteiger partial charge in [0, 0.05) is 18.1 Å². The lowest BCUT2D eigenvalue weighted by molar-refractivity contribution is -0.137. The van der Waals surface area contributed by atoms with Crippen LogP contribution >= 0.6 is 0 Å². The van der Waals surface area contributed by atoms with E-state index in [4.69, 9.17) is 13.9 Å². The van der Waals surface area contributed by atoms with Gasteiger partial charge in [-0.2, -0.15) is 4.68 Å². The van der Waals surface area contributed by atoms with Crippen LogP contribution in [0.1, 0.15) is 12.2 Å². The highest BCUT2D eigenvalue weighted by Crippen LogP contribution is 2.21. The van der Waals surface area contributed by atoms with Crippen molar-refractivity contribution in [2.45, 2.75) is 6.42 Å². The normalized spacial score (nSPS) is 11.3.